The van der Waals surface area contributed by atoms with Crippen molar-refractivity contribution in [3.05, 3.63) is 52.1 Å². The lowest BCUT2D eigenvalue weighted by Gasteiger charge is -2.08. The first-order valence-electron chi connectivity index (χ1n) is 5.56. The summed E-state index contributed by atoms with van der Waals surface area (Å²) >= 11 is 0. The van der Waals surface area contributed by atoms with E-state index < -0.39 is 5.82 Å². The fourth-order valence-corrected chi connectivity index (χ4v) is 2.09. The fourth-order valence-electron chi connectivity index (χ4n) is 2.09. The number of benzene rings is 2. The van der Waals surface area contributed by atoms with Gasteiger partial charge >= 0.3 is 0 Å². The van der Waals surface area contributed by atoms with Crippen molar-refractivity contribution in [1.82, 2.24) is 0 Å². The Morgan fingerprint density at radius 2 is 1.53 bits per heavy atom. The summed E-state index contributed by atoms with van der Waals surface area (Å²) in [5, 5.41) is 33.7. The number of fused-ring (bicyclic) bond motifs is 2. The monoisotopic (exact) mass is 260 g/mol. The topological polar surface area (TPSA) is 74.1 Å². The van der Waals surface area contributed by atoms with Gasteiger partial charge in [-0.1, -0.05) is 0 Å². The SMILES string of the molecule is Cc1cc2c(cc1F)[n+]([O-])c1ccc(O)cc1[n+]2[O-]. The minimum Gasteiger partial charge on any atom is -0.617 e. The fraction of sp³-hybridized carbons (Fsp3) is 0.0769. The summed E-state index contributed by atoms with van der Waals surface area (Å²) in [6.07, 6.45) is 0. The normalized spacial score (nSPS) is 11.3. The smallest absolute Gasteiger partial charge is 0.294 e. The molecule has 0 aliphatic rings. The van der Waals surface area contributed by atoms with Crippen LogP contribution in [0.15, 0.2) is 30.3 Å². The maximum Gasteiger partial charge on any atom is 0.294 e. The molecule has 1 aromatic heterocycles. The van der Waals surface area contributed by atoms with E-state index in [9.17, 15) is 19.9 Å². The molecule has 0 atom stereocenters. The zero-order chi connectivity index (χ0) is 13.7. The molecule has 0 aliphatic carbocycles. The number of hydrogen-bond donors (Lipinski definition) is 1. The van der Waals surface area contributed by atoms with Crippen LogP contribution in [-0.2, 0) is 0 Å². The minimum atomic E-state index is -0.546. The molecule has 5 nitrogen and oxygen atoms in total. The van der Waals surface area contributed by atoms with Gasteiger partial charge in [0, 0.05) is 12.1 Å². The molecule has 19 heavy (non-hydrogen) atoms. The van der Waals surface area contributed by atoms with Gasteiger partial charge in [-0.15, -0.1) is 0 Å². The van der Waals surface area contributed by atoms with Crippen LogP contribution in [0.1, 0.15) is 5.56 Å². The quantitative estimate of drug-likeness (QED) is 0.377. The maximum atomic E-state index is 13.5. The molecule has 1 heterocycles. The molecule has 0 spiro atoms. The third kappa shape index (κ3) is 1.53. The van der Waals surface area contributed by atoms with E-state index in [2.05, 4.69) is 0 Å². The highest BCUT2D eigenvalue weighted by atomic mass is 19.1. The van der Waals surface area contributed by atoms with Crippen molar-refractivity contribution in [1.29, 1.82) is 0 Å². The molecule has 0 saturated carbocycles. The van der Waals surface area contributed by atoms with Gasteiger partial charge in [0.15, 0.2) is 0 Å². The minimum absolute atomic E-state index is 0.0357. The molecule has 3 rings (SSSR count). The zero-order valence-corrected chi connectivity index (χ0v) is 9.92. The summed E-state index contributed by atoms with van der Waals surface area (Å²) in [5.41, 5.74) is 0.400. The molecule has 0 unspecified atom stereocenters. The summed E-state index contributed by atoms with van der Waals surface area (Å²) in [5.74, 6) is -0.662. The van der Waals surface area contributed by atoms with E-state index >= 15 is 0 Å². The molecule has 0 aliphatic heterocycles. The Morgan fingerprint density at radius 1 is 0.947 bits per heavy atom. The van der Waals surface area contributed by atoms with Crippen molar-refractivity contribution in [2.24, 2.45) is 0 Å². The molecule has 0 saturated heterocycles. The van der Waals surface area contributed by atoms with Crippen molar-refractivity contribution in [3.8, 4) is 5.75 Å². The number of aromatic nitrogens is 2. The van der Waals surface area contributed by atoms with Gasteiger partial charge in [-0.3, -0.25) is 0 Å². The van der Waals surface area contributed by atoms with Crippen LogP contribution in [-0.4, -0.2) is 5.11 Å². The Balaban J connectivity index is 2.60. The first kappa shape index (κ1) is 11.5. The van der Waals surface area contributed by atoms with Gasteiger partial charge < -0.3 is 15.5 Å². The van der Waals surface area contributed by atoms with Crippen molar-refractivity contribution in [2.45, 2.75) is 6.92 Å². The number of rotatable bonds is 0. The largest absolute Gasteiger partial charge is 0.617 e. The van der Waals surface area contributed by atoms with Crippen LogP contribution in [0.25, 0.3) is 22.1 Å². The van der Waals surface area contributed by atoms with E-state index in [1.54, 1.807) is 0 Å². The van der Waals surface area contributed by atoms with Crippen LogP contribution in [0.4, 0.5) is 4.39 Å². The molecule has 1 N–H and O–H groups in total. The summed E-state index contributed by atoms with van der Waals surface area (Å²) in [7, 11) is 0. The van der Waals surface area contributed by atoms with Crippen LogP contribution in [0, 0.1) is 23.2 Å². The summed E-state index contributed by atoms with van der Waals surface area (Å²) in [6, 6.07) is 6.18. The number of nitrogens with zero attached hydrogens (tertiary/aromatic N) is 2. The van der Waals surface area contributed by atoms with E-state index in [0.29, 0.717) is 9.46 Å². The molecule has 0 fully saturated rings. The zero-order valence-electron chi connectivity index (χ0n) is 9.92. The Morgan fingerprint density at radius 3 is 2.26 bits per heavy atom. The standard InChI is InChI=1S/C13H9FN2O3/c1-7-4-11-13(6-9(7)14)15(18)10-3-2-8(17)5-12(10)16(11)19/h2-6,17H,1H3. The highest BCUT2D eigenvalue weighted by molar-refractivity contribution is 5.78. The molecular formula is C13H9FN2O3. The maximum absolute atomic E-state index is 13.5. The lowest BCUT2D eigenvalue weighted by molar-refractivity contribution is -0.591. The van der Waals surface area contributed by atoms with Crippen molar-refractivity contribution >= 4 is 22.1 Å². The van der Waals surface area contributed by atoms with Crippen LogP contribution < -0.4 is 9.46 Å². The van der Waals surface area contributed by atoms with E-state index in [1.165, 1.54) is 31.2 Å². The second-order valence-electron chi connectivity index (χ2n) is 4.35. The molecule has 6 heteroatoms. The predicted octanol–water partition coefficient (Wildman–Crippen LogP) is 1.41. The second-order valence-corrected chi connectivity index (χ2v) is 4.35. The number of aryl methyl sites for hydroxylation is 1. The highest BCUT2D eigenvalue weighted by Crippen LogP contribution is 2.19. The third-order valence-electron chi connectivity index (χ3n) is 3.09. The molecule has 2 aromatic carbocycles. The molecule has 0 bridgehead atoms. The van der Waals surface area contributed by atoms with Crippen molar-refractivity contribution in [2.75, 3.05) is 0 Å². The van der Waals surface area contributed by atoms with Gasteiger partial charge in [0.05, 0.1) is 12.1 Å². The lowest BCUT2D eigenvalue weighted by atomic mass is 10.2. The Kier molecular flexibility index (Phi) is 2.22. The van der Waals surface area contributed by atoms with Gasteiger partial charge in [0.2, 0.25) is 0 Å². The van der Waals surface area contributed by atoms with E-state index in [0.717, 1.165) is 6.07 Å². The van der Waals surface area contributed by atoms with Crippen LogP contribution in [0.2, 0.25) is 0 Å². The Hall–Kier alpha value is -2.63. The predicted molar refractivity (Wildman–Crippen MR) is 65.7 cm³/mol. The third-order valence-corrected chi connectivity index (χ3v) is 3.09. The number of hydrogen-bond acceptors (Lipinski definition) is 3. The first-order valence-corrected chi connectivity index (χ1v) is 5.56. The van der Waals surface area contributed by atoms with Gasteiger partial charge in [-0.25, -0.2) is 4.39 Å². The van der Waals surface area contributed by atoms with Crippen molar-refractivity contribution < 1.29 is 19.0 Å². The Labute approximate surface area is 106 Å². The van der Waals surface area contributed by atoms with Gasteiger partial charge in [-0.05, 0) is 18.6 Å². The number of phenolic OH excluding ortho intramolecular Hbond substituents is 1. The Bertz CT molecular complexity index is 833. The average Bonchev–Trinajstić information content (AvgIpc) is 2.38. The molecule has 0 amide bonds. The summed E-state index contributed by atoms with van der Waals surface area (Å²) in [6.45, 7) is 1.51. The first-order chi connectivity index (χ1) is 8.99. The van der Waals surface area contributed by atoms with Gasteiger partial charge in [0.1, 0.15) is 11.6 Å². The molecule has 3 aromatic rings. The molecule has 96 valence electrons. The summed E-state index contributed by atoms with van der Waals surface area (Å²) < 4.78 is 14.5. The van der Waals surface area contributed by atoms with Crippen LogP contribution in [0.5, 0.6) is 5.75 Å². The van der Waals surface area contributed by atoms with E-state index in [-0.39, 0.29) is 33.4 Å². The van der Waals surface area contributed by atoms with Crippen LogP contribution in [0.3, 0.4) is 0 Å². The van der Waals surface area contributed by atoms with Crippen molar-refractivity contribution in [3.63, 3.8) is 0 Å². The number of halogens is 1. The average molecular weight is 260 g/mol. The number of phenols is 1. The molecular weight excluding hydrogens is 251 g/mol. The summed E-state index contributed by atoms with van der Waals surface area (Å²) in [4.78, 5) is 0. The lowest BCUT2D eigenvalue weighted by Crippen LogP contribution is -2.39. The highest BCUT2D eigenvalue weighted by Gasteiger charge is 2.23. The van der Waals surface area contributed by atoms with Gasteiger partial charge in [-0.2, -0.15) is 9.46 Å². The van der Waals surface area contributed by atoms with E-state index in [4.69, 9.17) is 0 Å². The van der Waals surface area contributed by atoms with Gasteiger partial charge in [0.25, 0.3) is 22.1 Å². The van der Waals surface area contributed by atoms with Crippen LogP contribution >= 0.6 is 0 Å². The molecule has 0 radical (unpaired) electrons. The van der Waals surface area contributed by atoms with E-state index in [1.807, 2.05) is 0 Å². The second kappa shape index (κ2) is 3.68. The number of aromatic hydroxyl groups is 1.